The zero-order valence-corrected chi connectivity index (χ0v) is 13.3. The van der Waals surface area contributed by atoms with Crippen molar-refractivity contribution in [3.05, 3.63) is 11.3 Å². The van der Waals surface area contributed by atoms with E-state index in [0.717, 1.165) is 0 Å². The molecule has 1 aliphatic heterocycles. The minimum atomic E-state index is -8.43. The summed E-state index contributed by atoms with van der Waals surface area (Å²) in [6, 6.07) is 0. The van der Waals surface area contributed by atoms with E-state index in [1.807, 2.05) is 0 Å². The van der Waals surface area contributed by atoms with Crippen molar-refractivity contribution in [3.63, 3.8) is 0 Å². The summed E-state index contributed by atoms with van der Waals surface area (Å²) in [6.07, 6.45) is -26.9. The minimum absolute atomic E-state index is 1.36. The second kappa shape index (κ2) is 6.60. The van der Waals surface area contributed by atoms with Crippen LogP contribution in [0.25, 0.3) is 0 Å². The highest BCUT2D eigenvalue weighted by atomic mass is 35.5. The molecule has 0 aromatic heterocycles. The van der Waals surface area contributed by atoms with Crippen LogP contribution in [0.15, 0.2) is 11.3 Å². The molecule has 0 spiro atoms. The zero-order chi connectivity index (χ0) is 23.6. The molecule has 3 atom stereocenters. The van der Waals surface area contributed by atoms with Gasteiger partial charge in [0.05, 0.1) is 5.03 Å². The molecule has 0 saturated carbocycles. The van der Waals surface area contributed by atoms with Crippen molar-refractivity contribution < 1.29 is 75.0 Å². The summed E-state index contributed by atoms with van der Waals surface area (Å²) >= 11 is 4.47. The van der Waals surface area contributed by atoms with Crippen molar-refractivity contribution in [2.45, 2.75) is 54.0 Å². The Bertz CT molecular complexity index is 668. The van der Waals surface area contributed by atoms with Gasteiger partial charge in [-0.15, -0.1) is 0 Å². The first-order chi connectivity index (χ1) is 12.4. The van der Waals surface area contributed by atoms with E-state index in [-0.39, 0.29) is 0 Å². The van der Waals surface area contributed by atoms with Gasteiger partial charge in [-0.2, -0.15) is 57.1 Å². The maximum absolute atomic E-state index is 14.0. The summed E-state index contributed by atoms with van der Waals surface area (Å²) in [5, 5.41) is -2.81. The third-order valence-corrected chi connectivity index (χ3v) is 3.88. The van der Waals surface area contributed by atoms with Crippen molar-refractivity contribution >= 4 is 11.6 Å². The summed E-state index contributed by atoms with van der Waals surface area (Å²) in [6.45, 7) is 0. The van der Waals surface area contributed by atoms with Gasteiger partial charge in [-0.25, -0.2) is 13.2 Å². The molecule has 0 bridgehead atoms. The number of ether oxygens (including phenoxy) is 1. The van der Waals surface area contributed by atoms with Crippen LogP contribution in [0.2, 0.25) is 0 Å². The molecular weight excluding hydrogens is 488 g/mol. The number of hydrogen-bond donors (Lipinski definition) is 0. The van der Waals surface area contributed by atoms with Gasteiger partial charge in [0.2, 0.25) is 6.17 Å². The van der Waals surface area contributed by atoms with E-state index >= 15 is 0 Å². The number of halogens is 17. The van der Waals surface area contributed by atoms with Gasteiger partial charge in [0, 0.05) is 0 Å². The van der Waals surface area contributed by atoms with E-state index in [2.05, 4.69) is 16.3 Å². The minimum Gasteiger partial charge on any atom is -0.437 e. The molecule has 1 rings (SSSR count). The Hall–Kier alpha value is -1.29. The van der Waals surface area contributed by atoms with Gasteiger partial charge in [0.1, 0.15) is 6.26 Å². The first-order valence-corrected chi connectivity index (χ1v) is 6.78. The second-order valence-electron chi connectivity index (χ2n) is 5.46. The van der Waals surface area contributed by atoms with E-state index in [9.17, 15) is 70.2 Å². The van der Waals surface area contributed by atoms with Gasteiger partial charge in [0.25, 0.3) is 6.17 Å². The molecule has 0 N–H and O–H groups in total. The lowest BCUT2D eigenvalue weighted by Gasteiger charge is -2.45. The van der Waals surface area contributed by atoms with Crippen LogP contribution in [0.3, 0.4) is 0 Å². The molecule has 0 amide bonds. The van der Waals surface area contributed by atoms with Crippen LogP contribution in [0.4, 0.5) is 70.2 Å². The quantitative estimate of drug-likeness (QED) is 0.369. The Labute approximate surface area is 153 Å². The standard InChI is InChI=1S/C11H3ClF16O/c12-2-1-29-7(19,20)4(14)6(17,18)9(22,23)10(24,25)8(21,11(26,27)28)5(15,16)3(2)13/h1,3-4H. The van der Waals surface area contributed by atoms with Crippen LogP contribution >= 0.6 is 11.6 Å². The molecule has 0 radical (unpaired) electrons. The van der Waals surface area contributed by atoms with Crippen molar-refractivity contribution in [3.8, 4) is 0 Å². The van der Waals surface area contributed by atoms with Crippen molar-refractivity contribution in [2.24, 2.45) is 0 Å². The molecule has 29 heavy (non-hydrogen) atoms. The van der Waals surface area contributed by atoms with E-state index in [4.69, 9.17) is 0 Å². The summed E-state index contributed by atoms with van der Waals surface area (Å²) in [7, 11) is 0. The van der Waals surface area contributed by atoms with Gasteiger partial charge in [-0.05, 0) is 0 Å². The van der Waals surface area contributed by atoms with Crippen molar-refractivity contribution in [1.29, 1.82) is 0 Å². The zero-order valence-electron chi connectivity index (χ0n) is 12.6. The highest BCUT2D eigenvalue weighted by molar-refractivity contribution is 6.30. The molecule has 0 aromatic carbocycles. The molecule has 1 heterocycles. The number of rotatable bonds is 0. The fourth-order valence-electron chi connectivity index (χ4n) is 1.97. The Kier molecular flexibility index (Phi) is 5.86. The van der Waals surface area contributed by atoms with Crippen LogP contribution in [-0.2, 0) is 4.74 Å². The SMILES string of the molecule is FC1C(F)(F)OC=C(Cl)C(F)C(F)(F)C(F)(C(F)(F)F)C(F)(F)C(F)(F)C1(F)F. The first-order valence-electron chi connectivity index (χ1n) is 6.40. The average molecular weight is 491 g/mol. The molecule has 18 heteroatoms. The summed E-state index contributed by atoms with van der Waals surface area (Å²) in [5.74, 6) is -31.8. The molecule has 0 aliphatic carbocycles. The fourth-order valence-corrected chi connectivity index (χ4v) is 2.16. The number of alkyl halides is 16. The van der Waals surface area contributed by atoms with Crippen LogP contribution in [0, 0.1) is 0 Å². The fraction of sp³-hybridized carbons (Fsp3) is 0.818. The Morgan fingerprint density at radius 2 is 1.17 bits per heavy atom. The van der Waals surface area contributed by atoms with Crippen LogP contribution in [0.5, 0.6) is 0 Å². The third-order valence-electron chi connectivity index (χ3n) is 3.60. The molecule has 1 nitrogen and oxygen atoms in total. The Balaban J connectivity index is 4.11. The Morgan fingerprint density at radius 3 is 1.55 bits per heavy atom. The normalized spacial score (nSPS) is 36.4. The molecule has 0 aromatic rings. The predicted molar refractivity (Wildman–Crippen MR) is 59.4 cm³/mol. The molecule has 1 aliphatic rings. The monoisotopic (exact) mass is 490 g/mol. The molecule has 0 saturated heterocycles. The van der Waals surface area contributed by atoms with E-state index in [1.165, 1.54) is 0 Å². The van der Waals surface area contributed by atoms with Gasteiger partial charge in [0.15, 0.2) is 0 Å². The van der Waals surface area contributed by atoms with Gasteiger partial charge < -0.3 is 4.74 Å². The lowest BCUT2D eigenvalue weighted by molar-refractivity contribution is -0.440. The van der Waals surface area contributed by atoms with E-state index < -0.39 is 65.3 Å². The smallest absolute Gasteiger partial charge is 0.435 e. The molecule has 3 unspecified atom stereocenters. The summed E-state index contributed by atoms with van der Waals surface area (Å²) < 4.78 is 216. The van der Waals surface area contributed by atoms with Crippen molar-refractivity contribution in [1.82, 2.24) is 0 Å². The van der Waals surface area contributed by atoms with Crippen LogP contribution < -0.4 is 0 Å². The van der Waals surface area contributed by atoms with E-state index in [1.54, 1.807) is 0 Å². The highest BCUT2D eigenvalue weighted by Crippen LogP contribution is 2.64. The van der Waals surface area contributed by atoms with Crippen LogP contribution in [-0.4, -0.2) is 54.0 Å². The largest absolute Gasteiger partial charge is 0.437 e. The van der Waals surface area contributed by atoms with Gasteiger partial charge >= 0.3 is 41.6 Å². The Morgan fingerprint density at radius 1 is 0.759 bits per heavy atom. The van der Waals surface area contributed by atoms with Crippen molar-refractivity contribution in [2.75, 3.05) is 0 Å². The van der Waals surface area contributed by atoms with Gasteiger partial charge in [-0.3, -0.25) is 0 Å². The second-order valence-corrected chi connectivity index (χ2v) is 5.89. The predicted octanol–water partition coefficient (Wildman–Crippen LogP) is 6.18. The maximum Gasteiger partial charge on any atom is 0.435 e. The lowest BCUT2D eigenvalue weighted by atomic mass is 9.80. The summed E-state index contributed by atoms with van der Waals surface area (Å²) in [5.41, 5.74) is -8.20. The molecule has 0 fully saturated rings. The lowest BCUT2D eigenvalue weighted by Crippen LogP contribution is -2.77. The average Bonchev–Trinajstić information content (AvgIpc) is 2.54. The maximum atomic E-state index is 14.0. The summed E-state index contributed by atoms with van der Waals surface area (Å²) in [4.78, 5) is 0. The topological polar surface area (TPSA) is 9.23 Å². The highest BCUT2D eigenvalue weighted by Gasteiger charge is 2.95. The first kappa shape index (κ1) is 25.7. The molecule has 172 valence electrons. The van der Waals surface area contributed by atoms with E-state index in [0.29, 0.717) is 0 Å². The van der Waals surface area contributed by atoms with Gasteiger partial charge in [-0.1, -0.05) is 11.6 Å². The van der Waals surface area contributed by atoms with Crippen LogP contribution in [0.1, 0.15) is 0 Å². The number of hydrogen-bond acceptors (Lipinski definition) is 1. The third kappa shape index (κ3) is 3.17. The number of allylic oxidation sites excluding steroid dienone is 1. The molecular formula is C11H3ClF16O.